The molecule has 0 aromatic carbocycles. The van der Waals surface area contributed by atoms with E-state index >= 15 is 0 Å². The van der Waals surface area contributed by atoms with Gasteiger partial charge in [0.15, 0.2) is 17.4 Å². The van der Waals surface area contributed by atoms with Crippen LogP contribution in [0, 0.1) is 0 Å². The van der Waals surface area contributed by atoms with E-state index in [1.807, 2.05) is 0 Å². The van der Waals surface area contributed by atoms with Gasteiger partial charge in [0.25, 0.3) is 5.56 Å². The molecule has 2 aromatic heterocycles. The molecule has 1 saturated heterocycles. The summed E-state index contributed by atoms with van der Waals surface area (Å²) in [6, 6.07) is 0. The Morgan fingerprint density at radius 1 is 1.52 bits per heavy atom. The van der Waals surface area contributed by atoms with Crippen LogP contribution in [-0.2, 0) is 14.0 Å². The lowest BCUT2D eigenvalue weighted by Crippen LogP contribution is -2.32. The number of anilines is 1. The Morgan fingerprint density at radius 3 is 2.88 bits per heavy atom. The topological polar surface area (TPSA) is 186 Å². The van der Waals surface area contributed by atoms with Crippen LogP contribution in [0.3, 0.4) is 0 Å². The average Bonchev–Trinajstić information content (AvgIpc) is 3.05. The third-order valence-corrected chi connectivity index (χ3v) is 4.28. The third kappa shape index (κ3) is 3.35. The van der Waals surface area contributed by atoms with E-state index in [2.05, 4.69) is 15.0 Å². The number of nitrogens with two attached hydrogens (primary N) is 1. The van der Waals surface area contributed by atoms with E-state index in [0.717, 1.165) is 6.08 Å². The Kier molecular flexibility index (Phi) is 4.49. The summed E-state index contributed by atoms with van der Waals surface area (Å²) < 4.78 is 23.2. The maximum absolute atomic E-state index is 11.8. The molecule has 0 saturated carbocycles. The van der Waals surface area contributed by atoms with Crippen molar-refractivity contribution in [1.29, 1.82) is 0 Å². The van der Waals surface area contributed by atoms with Gasteiger partial charge in [-0.25, -0.2) is 4.98 Å². The van der Waals surface area contributed by atoms with Crippen molar-refractivity contribution in [3.63, 3.8) is 0 Å². The van der Waals surface area contributed by atoms with Gasteiger partial charge in [-0.05, 0) is 6.08 Å². The molecular formula is C12H16N5O7P. The normalized spacial score (nSPS) is 27.5. The highest BCUT2D eigenvalue weighted by molar-refractivity contribution is 7.55. The number of methoxy groups -OCH3 is 1. The van der Waals surface area contributed by atoms with Crippen LogP contribution in [-0.4, -0.2) is 59.8 Å². The van der Waals surface area contributed by atoms with Gasteiger partial charge in [0.1, 0.15) is 18.3 Å². The Morgan fingerprint density at radius 2 is 2.24 bits per heavy atom. The number of aliphatic hydroxyl groups excluding tert-OH is 1. The smallest absolute Gasteiger partial charge is 0.348 e. The molecule has 1 aliphatic rings. The Balaban J connectivity index is 2.01. The first-order chi connectivity index (χ1) is 11.7. The minimum Gasteiger partial charge on any atom is -0.387 e. The Bertz CT molecular complexity index is 918. The molecular weight excluding hydrogens is 357 g/mol. The molecule has 4 unspecified atom stereocenters. The summed E-state index contributed by atoms with van der Waals surface area (Å²) in [5.41, 5.74) is 5.16. The molecule has 25 heavy (non-hydrogen) atoms. The molecule has 0 aliphatic carbocycles. The monoisotopic (exact) mass is 373 g/mol. The lowest BCUT2D eigenvalue weighted by atomic mass is 10.1. The first-order valence-corrected chi connectivity index (χ1v) is 8.72. The van der Waals surface area contributed by atoms with E-state index < -0.39 is 37.7 Å². The molecule has 1 fully saturated rings. The second-order valence-electron chi connectivity index (χ2n) is 5.39. The van der Waals surface area contributed by atoms with Crippen LogP contribution in [0.1, 0.15) is 6.23 Å². The molecule has 0 amide bonds. The van der Waals surface area contributed by atoms with Gasteiger partial charge in [0, 0.05) is 12.9 Å². The molecule has 3 heterocycles. The van der Waals surface area contributed by atoms with E-state index in [-0.39, 0.29) is 17.1 Å². The van der Waals surface area contributed by atoms with Crippen molar-refractivity contribution in [2.24, 2.45) is 0 Å². The summed E-state index contributed by atoms with van der Waals surface area (Å²) in [6.07, 6.45) is -1.75. The number of rotatable bonds is 4. The van der Waals surface area contributed by atoms with Crippen LogP contribution >= 0.6 is 7.60 Å². The van der Waals surface area contributed by atoms with Crippen molar-refractivity contribution in [1.82, 2.24) is 19.5 Å². The van der Waals surface area contributed by atoms with Crippen LogP contribution in [0.15, 0.2) is 23.0 Å². The SMILES string of the molecule is COC1C(O)C(C=CP(=O)(O)O)OC1n1cnc2c(=O)[nH]c(N)nc21. The number of aliphatic hydroxyl groups is 1. The molecule has 4 atom stereocenters. The number of aromatic amines is 1. The van der Waals surface area contributed by atoms with E-state index in [4.69, 9.17) is 25.0 Å². The van der Waals surface area contributed by atoms with E-state index in [1.54, 1.807) is 0 Å². The van der Waals surface area contributed by atoms with Crippen molar-refractivity contribution < 1.29 is 28.9 Å². The number of aromatic nitrogens is 4. The maximum Gasteiger partial charge on any atom is 0.348 e. The number of imidazole rings is 1. The first kappa shape index (κ1) is 17.7. The lowest BCUT2D eigenvalue weighted by molar-refractivity contribution is -0.0449. The fourth-order valence-corrected chi connectivity index (χ4v) is 3.03. The van der Waals surface area contributed by atoms with Crippen LogP contribution in [0.25, 0.3) is 11.2 Å². The molecule has 0 radical (unpaired) electrons. The summed E-state index contributed by atoms with van der Waals surface area (Å²) in [5, 5.41) is 10.3. The molecule has 12 nitrogen and oxygen atoms in total. The number of hydrogen-bond donors (Lipinski definition) is 5. The lowest BCUT2D eigenvalue weighted by Gasteiger charge is -2.19. The zero-order chi connectivity index (χ0) is 18.4. The molecule has 0 spiro atoms. The predicted molar refractivity (Wildman–Crippen MR) is 84.5 cm³/mol. The number of fused-ring (bicyclic) bond motifs is 1. The van der Waals surface area contributed by atoms with Crippen molar-refractivity contribution in [3.8, 4) is 0 Å². The highest BCUT2D eigenvalue weighted by Crippen LogP contribution is 2.39. The number of hydrogen-bond acceptors (Lipinski definition) is 8. The Labute approximate surface area is 140 Å². The number of ether oxygens (including phenoxy) is 2. The molecule has 3 rings (SSSR count). The van der Waals surface area contributed by atoms with Gasteiger partial charge in [-0.1, -0.05) is 0 Å². The summed E-state index contributed by atoms with van der Waals surface area (Å²) in [4.78, 5) is 40.0. The van der Waals surface area contributed by atoms with Gasteiger partial charge in [-0.3, -0.25) is 18.9 Å². The molecule has 13 heteroatoms. The van der Waals surface area contributed by atoms with Gasteiger partial charge in [-0.2, -0.15) is 4.98 Å². The fourth-order valence-electron chi connectivity index (χ4n) is 2.64. The predicted octanol–water partition coefficient (Wildman–Crippen LogP) is -1.33. The first-order valence-electron chi connectivity index (χ1n) is 7.04. The van der Waals surface area contributed by atoms with Crippen LogP contribution in [0.2, 0.25) is 0 Å². The van der Waals surface area contributed by atoms with Crippen molar-refractivity contribution >= 4 is 24.7 Å². The number of H-pyrrole nitrogens is 1. The molecule has 6 N–H and O–H groups in total. The van der Waals surface area contributed by atoms with Crippen molar-refractivity contribution in [3.05, 3.63) is 28.6 Å². The standard InChI is InChI=1S/C12H16N5O7P/c1-23-8-7(18)5(2-3-25(20,21)22)24-11(8)17-4-14-6-9(17)15-12(13)16-10(6)19/h2-5,7-8,11,18H,1H3,(H2,20,21,22)(H3,13,15,16,19). The summed E-state index contributed by atoms with van der Waals surface area (Å²) in [6.45, 7) is 0. The van der Waals surface area contributed by atoms with Crippen molar-refractivity contribution in [2.45, 2.75) is 24.5 Å². The highest BCUT2D eigenvalue weighted by Gasteiger charge is 2.44. The summed E-state index contributed by atoms with van der Waals surface area (Å²) >= 11 is 0. The quantitative estimate of drug-likeness (QED) is 0.402. The minimum absolute atomic E-state index is 0.0244. The minimum atomic E-state index is -4.41. The van der Waals surface area contributed by atoms with E-state index in [9.17, 15) is 14.5 Å². The second kappa shape index (κ2) is 6.33. The molecule has 136 valence electrons. The number of nitrogen functional groups attached to an aromatic ring is 1. The van der Waals surface area contributed by atoms with Gasteiger partial charge >= 0.3 is 7.60 Å². The molecule has 0 bridgehead atoms. The van der Waals surface area contributed by atoms with Gasteiger partial charge in [-0.15, -0.1) is 0 Å². The van der Waals surface area contributed by atoms with E-state index in [1.165, 1.54) is 18.0 Å². The van der Waals surface area contributed by atoms with Crippen LogP contribution < -0.4 is 11.3 Å². The van der Waals surface area contributed by atoms with Crippen molar-refractivity contribution in [2.75, 3.05) is 12.8 Å². The average molecular weight is 373 g/mol. The molecule has 2 aromatic rings. The zero-order valence-electron chi connectivity index (χ0n) is 12.9. The number of nitrogens with zero attached hydrogens (tertiary/aromatic N) is 3. The van der Waals surface area contributed by atoms with E-state index in [0.29, 0.717) is 5.82 Å². The maximum atomic E-state index is 11.8. The third-order valence-electron chi connectivity index (χ3n) is 3.72. The number of nitrogens with one attached hydrogen (secondary N) is 1. The van der Waals surface area contributed by atoms with Crippen LogP contribution in [0.5, 0.6) is 0 Å². The zero-order valence-corrected chi connectivity index (χ0v) is 13.8. The molecule has 1 aliphatic heterocycles. The Hall–Kier alpha value is -2.08. The second-order valence-corrected chi connectivity index (χ2v) is 6.86. The summed E-state index contributed by atoms with van der Waals surface area (Å²) in [7, 11) is -3.07. The van der Waals surface area contributed by atoms with Gasteiger partial charge in [0.05, 0.1) is 6.33 Å². The fraction of sp³-hybridized carbons (Fsp3) is 0.417. The summed E-state index contributed by atoms with van der Waals surface area (Å²) in [5.74, 6) is 0.521. The largest absolute Gasteiger partial charge is 0.387 e. The van der Waals surface area contributed by atoms with Gasteiger partial charge in [0.2, 0.25) is 5.95 Å². The van der Waals surface area contributed by atoms with Gasteiger partial charge < -0.3 is 30.1 Å². The highest BCUT2D eigenvalue weighted by atomic mass is 31.2. The van der Waals surface area contributed by atoms with Crippen LogP contribution in [0.4, 0.5) is 5.95 Å².